The monoisotopic (exact) mass is 249 g/mol. The number of amides is 1. The molecule has 0 radical (unpaired) electrons. The second-order valence-corrected chi connectivity index (χ2v) is 4.21. The number of furan rings is 1. The van der Waals surface area contributed by atoms with Crippen molar-refractivity contribution in [2.45, 2.75) is 19.9 Å². The van der Waals surface area contributed by atoms with E-state index in [0.29, 0.717) is 26.1 Å². The quantitative estimate of drug-likeness (QED) is 0.792. The van der Waals surface area contributed by atoms with Crippen LogP contribution in [0.15, 0.2) is 22.8 Å². The summed E-state index contributed by atoms with van der Waals surface area (Å²) in [5.74, 6) is 0.664. The summed E-state index contributed by atoms with van der Waals surface area (Å²) in [6, 6.07) is 5.68. The lowest BCUT2D eigenvalue weighted by atomic mass is 10.1. The van der Waals surface area contributed by atoms with Crippen molar-refractivity contribution in [1.29, 1.82) is 5.26 Å². The Bertz CT molecular complexity index is 395. The highest BCUT2D eigenvalue weighted by Crippen LogP contribution is 2.10. The Morgan fingerprint density at radius 2 is 2.44 bits per heavy atom. The fourth-order valence-electron chi connectivity index (χ4n) is 1.75. The first-order valence-electron chi connectivity index (χ1n) is 6.01. The van der Waals surface area contributed by atoms with E-state index < -0.39 is 0 Å². The third kappa shape index (κ3) is 4.22. The van der Waals surface area contributed by atoms with E-state index in [1.807, 2.05) is 20.0 Å². The van der Waals surface area contributed by atoms with E-state index in [0.717, 1.165) is 5.76 Å². The maximum Gasteiger partial charge on any atom is 0.227 e. The molecule has 0 aliphatic carbocycles. The summed E-state index contributed by atoms with van der Waals surface area (Å²) in [5.41, 5.74) is 0. The minimum atomic E-state index is -0.108. The Morgan fingerprint density at radius 1 is 1.67 bits per heavy atom. The lowest BCUT2D eigenvalue weighted by Crippen LogP contribution is -2.38. The first kappa shape index (κ1) is 14.3. The van der Waals surface area contributed by atoms with E-state index in [9.17, 15) is 4.79 Å². The second-order valence-electron chi connectivity index (χ2n) is 4.21. The molecule has 1 atom stereocenters. The highest BCUT2D eigenvalue weighted by atomic mass is 16.3. The van der Waals surface area contributed by atoms with Gasteiger partial charge in [-0.05, 0) is 19.2 Å². The normalized spacial score (nSPS) is 11.8. The molecule has 5 heteroatoms. The Balaban J connectivity index is 2.65. The zero-order valence-corrected chi connectivity index (χ0v) is 10.8. The molecule has 1 amide bonds. The molecule has 18 heavy (non-hydrogen) atoms. The fourth-order valence-corrected chi connectivity index (χ4v) is 1.75. The van der Waals surface area contributed by atoms with Crippen molar-refractivity contribution in [3.05, 3.63) is 24.2 Å². The number of nitrogens with one attached hydrogen (secondary N) is 1. The first-order chi connectivity index (χ1) is 8.69. The maximum absolute atomic E-state index is 12.2. The molecule has 0 saturated carbocycles. The minimum absolute atomic E-state index is 0.0380. The second kappa shape index (κ2) is 7.51. The zero-order valence-electron chi connectivity index (χ0n) is 10.8. The van der Waals surface area contributed by atoms with E-state index >= 15 is 0 Å². The summed E-state index contributed by atoms with van der Waals surface area (Å²) in [6.45, 7) is 3.35. The smallest absolute Gasteiger partial charge is 0.227 e. The molecule has 1 rings (SSSR count). The van der Waals surface area contributed by atoms with Crippen LogP contribution in [-0.2, 0) is 11.3 Å². The number of hydrogen-bond donors (Lipinski definition) is 1. The molecule has 0 fully saturated rings. The molecule has 1 heterocycles. The Hall–Kier alpha value is -1.80. The van der Waals surface area contributed by atoms with Gasteiger partial charge in [-0.1, -0.05) is 6.92 Å². The van der Waals surface area contributed by atoms with Crippen LogP contribution in [0, 0.1) is 17.2 Å². The summed E-state index contributed by atoms with van der Waals surface area (Å²) >= 11 is 0. The predicted octanol–water partition coefficient (Wildman–Crippen LogP) is 1.38. The van der Waals surface area contributed by atoms with Gasteiger partial charge in [0.2, 0.25) is 5.91 Å². The van der Waals surface area contributed by atoms with Crippen molar-refractivity contribution in [2.75, 3.05) is 20.1 Å². The molecular weight excluding hydrogens is 230 g/mol. The molecule has 0 saturated heterocycles. The molecule has 0 spiro atoms. The molecular formula is C13H19N3O2. The largest absolute Gasteiger partial charge is 0.467 e. The van der Waals surface area contributed by atoms with Gasteiger partial charge in [0.15, 0.2) is 0 Å². The summed E-state index contributed by atoms with van der Waals surface area (Å²) < 4.78 is 5.24. The first-order valence-corrected chi connectivity index (χ1v) is 6.01. The van der Waals surface area contributed by atoms with Crippen molar-refractivity contribution in [3.8, 4) is 6.07 Å². The van der Waals surface area contributed by atoms with Crippen LogP contribution in [0.5, 0.6) is 0 Å². The van der Waals surface area contributed by atoms with Crippen molar-refractivity contribution < 1.29 is 9.21 Å². The highest BCUT2D eigenvalue weighted by molar-refractivity contribution is 5.78. The maximum atomic E-state index is 12.2. The summed E-state index contributed by atoms with van der Waals surface area (Å²) in [6.07, 6.45) is 1.91. The van der Waals surface area contributed by atoms with Crippen molar-refractivity contribution in [3.63, 3.8) is 0 Å². The van der Waals surface area contributed by atoms with Crippen molar-refractivity contribution >= 4 is 5.91 Å². The van der Waals surface area contributed by atoms with E-state index in [2.05, 4.69) is 11.4 Å². The van der Waals surface area contributed by atoms with Gasteiger partial charge in [0.1, 0.15) is 5.76 Å². The van der Waals surface area contributed by atoms with Gasteiger partial charge in [0.25, 0.3) is 0 Å². The molecule has 1 N–H and O–H groups in total. The average Bonchev–Trinajstić information content (AvgIpc) is 2.86. The lowest BCUT2D eigenvalue weighted by molar-refractivity contribution is -0.135. The molecule has 1 unspecified atom stereocenters. The Morgan fingerprint density at radius 3 is 3.00 bits per heavy atom. The Labute approximate surface area is 107 Å². The van der Waals surface area contributed by atoms with E-state index in [1.54, 1.807) is 17.2 Å². The summed E-state index contributed by atoms with van der Waals surface area (Å²) in [7, 11) is 1.82. The van der Waals surface area contributed by atoms with Gasteiger partial charge in [0, 0.05) is 19.0 Å². The SMILES string of the molecule is CNCC(C)C(=O)N(CCC#N)Cc1ccco1. The summed E-state index contributed by atoms with van der Waals surface area (Å²) in [5, 5.41) is 11.6. The van der Waals surface area contributed by atoms with Gasteiger partial charge in [-0.15, -0.1) is 0 Å². The third-order valence-corrected chi connectivity index (χ3v) is 2.66. The topological polar surface area (TPSA) is 69.3 Å². The van der Waals surface area contributed by atoms with Crippen LogP contribution >= 0.6 is 0 Å². The lowest BCUT2D eigenvalue weighted by Gasteiger charge is -2.24. The molecule has 1 aromatic heterocycles. The Kier molecular flexibility index (Phi) is 5.95. The molecule has 98 valence electrons. The number of rotatable bonds is 7. The molecule has 0 aliphatic rings. The standard InChI is InChI=1S/C13H19N3O2/c1-11(9-15-2)13(17)16(7-4-6-14)10-12-5-3-8-18-12/h3,5,8,11,15H,4,7,9-10H2,1-2H3. The molecule has 0 aliphatic heterocycles. The van der Waals surface area contributed by atoms with Crippen LogP contribution in [-0.4, -0.2) is 30.9 Å². The van der Waals surface area contributed by atoms with Crippen LogP contribution in [0.2, 0.25) is 0 Å². The van der Waals surface area contributed by atoms with Gasteiger partial charge >= 0.3 is 0 Å². The molecule has 1 aromatic rings. The van der Waals surface area contributed by atoms with E-state index in [4.69, 9.17) is 9.68 Å². The van der Waals surface area contributed by atoms with Crippen LogP contribution in [0.4, 0.5) is 0 Å². The number of carbonyl (C=O) groups is 1. The molecule has 0 bridgehead atoms. The summed E-state index contributed by atoms with van der Waals surface area (Å²) in [4.78, 5) is 13.9. The van der Waals surface area contributed by atoms with E-state index in [1.165, 1.54) is 0 Å². The van der Waals surface area contributed by atoms with Crippen LogP contribution in [0.1, 0.15) is 19.1 Å². The zero-order chi connectivity index (χ0) is 13.4. The number of nitrogens with zero attached hydrogens (tertiary/aromatic N) is 2. The van der Waals surface area contributed by atoms with Gasteiger partial charge < -0.3 is 14.6 Å². The number of hydrogen-bond acceptors (Lipinski definition) is 4. The minimum Gasteiger partial charge on any atom is -0.467 e. The van der Waals surface area contributed by atoms with E-state index in [-0.39, 0.29) is 11.8 Å². The third-order valence-electron chi connectivity index (χ3n) is 2.66. The van der Waals surface area contributed by atoms with Gasteiger partial charge in [-0.3, -0.25) is 4.79 Å². The van der Waals surface area contributed by atoms with Gasteiger partial charge in [-0.25, -0.2) is 0 Å². The fraction of sp³-hybridized carbons (Fsp3) is 0.538. The number of carbonyl (C=O) groups excluding carboxylic acids is 1. The van der Waals surface area contributed by atoms with Crippen molar-refractivity contribution in [1.82, 2.24) is 10.2 Å². The molecule has 0 aromatic carbocycles. The van der Waals surface area contributed by atoms with Crippen LogP contribution in [0.3, 0.4) is 0 Å². The van der Waals surface area contributed by atoms with Crippen LogP contribution in [0.25, 0.3) is 0 Å². The average molecular weight is 249 g/mol. The van der Waals surface area contributed by atoms with Gasteiger partial charge in [-0.2, -0.15) is 5.26 Å². The molecule has 5 nitrogen and oxygen atoms in total. The van der Waals surface area contributed by atoms with Crippen LogP contribution < -0.4 is 5.32 Å². The van der Waals surface area contributed by atoms with Crippen molar-refractivity contribution in [2.24, 2.45) is 5.92 Å². The predicted molar refractivity (Wildman–Crippen MR) is 67.4 cm³/mol. The number of nitriles is 1. The van der Waals surface area contributed by atoms with Gasteiger partial charge in [0.05, 0.1) is 25.3 Å². The highest BCUT2D eigenvalue weighted by Gasteiger charge is 2.20.